The first kappa shape index (κ1) is 34.3. The van der Waals surface area contributed by atoms with Gasteiger partial charge in [0.05, 0.1) is 11.5 Å². The van der Waals surface area contributed by atoms with E-state index in [2.05, 4.69) is 36.9 Å². The summed E-state index contributed by atoms with van der Waals surface area (Å²) in [7, 11) is 0. The number of carbonyl (C=O) groups is 1. The second kappa shape index (κ2) is 21.8. The number of unbranched alkanes of at least 4 members (excludes halogenated alkanes) is 15. The van der Waals surface area contributed by atoms with Crippen LogP contribution in [0.15, 0.2) is 30.3 Å². The average Bonchev–Trinajstić information content (AvgIpc) is 2.98. The molecule has 1 aliphatic heterocycles. The van der Waals surface area contributed by atoms with Crippen molar-refractivity contribution in [1.82, 2.24) is 4.90 Å². The Hall–Kier alpha value is -1.86. The first-order valence-electron chi connectivity index (χ1n) is 17.0. The molecular weight excluding hydrogens is 492 g/mol. The fourth-order valence-electron chi connectivity index (χ4n) is 6.15. The zero-order chi connectivity index (χ0) is 28.7. The SMILES string of the molecule is CCCCCCCCCCCCC(CN1CCC(C#N)(c2ccccc2)CC1)OC(=O)CCCCCCCCC. The fraction of sp³-hybridized carbons (Fsp3) is 0.778. The Balaban J connectivity index is 1.77. The number of rotatable bonds is 23. The van der Waals surface area contributed by atoms with E-state index in [9.17, 15) is 10.1 Å². The number of carbonyl (C=O) groups excluding carboxylic acids is 1. The van der Waals surface area contributed by atoms with Crippen LogP contribution in [0, 0.1) is 11.3 Å². The maximum absolute atomic E-state index is 12.8. The molecule has 1 fully saturated rings. The van der Waals surface area contributed by atoms with Crippen LogP contribution in [0.25, 0.3) is 0 Å². The molecule has 0 N–H and O–H groups in total. The summed E-state index contributed by atoms with van der Waals surface area (Å²) in [5.74, 6) is -0.0155. The molecule has 40 heavy (non-hydrogen) atoms. The largest absolute Gasteiger partial charge is 0.461 e. The number of likely N-dealkylation sites (tertiary alicyclic amines) is 1. The van der Waals surface area contributed by atoms with E-state index in [0.29, 0.717) is 6.42 Å². The Kier molecular flexibility index (Phi) is 18.7. The molecule has 1 atom stereocenters. The molecule has 1 saturated heterocycles. The predicted octanol–water partition coefficient (Wildman–Crippen LogP) is 9.91. The summed E-state index contributed by atoms with van der Waals surface area (Å²) in [6.45, 7) is 7.08. The molecule has 0 aromatic heterocycles. The predicted molar refractivity (Wildman–Crippen MR) is 168 cm³/mol. The van der Waals surface area contributed by atoms with Crippen LogP contribution < -0.4 is 0 Å². The topological polar surface area (TPSA) is 53.3 Å². The van der Waals surface area contributed by atoms with Crippen LogP contribution in [0.5, 0.6) is 0 Å². The van der Waals surface area contributed by atoms with Crippen molar-refractivity contribution >= 4 is 5.97 Å². The maximum Gasteiger partial charge on any atom is 0.306 e. The molecular formula is C36H60N2O2. The Morgan fingerprint density at radius 2 is 1.30 bits per heavy atom. The molecule has 1 unspecified atom stereocenters. The minimum absolute atomic E-state index is 0.0155. The number of piperidine rings is 1. The van der Waals surface area contributed by atoms with Gasteiger partial charge < -0.3 is 4.74 Å². The standard InChI is InChI=1S/C36H60N2O2/c1-3-5-7-9-11-12-13-15-16-21-25-34(40-35(39)26-22-17-14-10-8-6-4-2)31-38-29-27-36(32-37,28-30-38)33-23-19-18-20-24-33/h18-20,23-24,34H,3-17,21-22,25-31H2,1-2H3. The van der Waals surface area contributed by atoms with Gasteiger partial charge in [0.2, 0.25) is 0 Å². The van der Waals surface area contributed by atoms with Gasteiger partial charge in [-0.15, -0.1) is 0 Å². The van der Waals surface area contributed by atoms with Crippen LogP contribution in [-0.2, 0) is 14.9 Å². The first-order chi connectivity index (χ1) is 19.6. The highest BCUT2D eigenvalue weighted by Gasteiger charge is 2.37. The summed E-state index contributed by atoms with van der Waals surface area (Å²) in [6, 6.07) is 12.9. The Labute approximate surface area is 247 Å². The van der Waals surface area contributed by atoms with Crippen LogP contribution >= 0.6 is 0 Å². The lowest BCUT2D eigenvalue weighted by Crippen LogP contribution is -2.45. The van der Waals surface area contributed by atoms with Gasteiger partial charge in [0.1, 0.15) is 6.10 Å². The van der Waals surface area contributed by atoms with Crippen molar-refractivity contribution in [2.24, 2.45) is 0 Å². The summed E-state index contributed by atoms with van der Waals surface area (Å²) in [4.78, 5) is 15.2. The molecule has 1 aromatic rings. The molecule has 0 bridgehead atoms. The third-order valence-corrected chi connectivity index (χ3v) is 8.87. The Morgan fingerprint density at radius 3 is 1.82 bits per heavy atom. The van der Waals surface area contributed by atoms with Gasteiger partial charge in [0.15, 0.2) is 0 Å². The molecule has 226 valence electrons. The van der Waals surface area contributed by atoms with Crippen molar-refractivity contribution in [1.29, 1.82) is 5.26 Å². The van der Waals surface area contributed by atoms with Crippen molar-refractivity contribution in [2.75, 3.05) is 19.6 Å². The van der Waals surface area contributed by atoms with Crippen LogP contribution in [0.3, 0.4) is 0 Å². The highest BCUT2D eigenvalue weighted by atomic mass is 16.5. The van der Waals surface area contributed by atoms with Gasteiger partial charge in [-0.05, 0) is 37.7 Å². The van der Waals surface area contributed by atoms with Gasteiger partial charge >= 0.3 is 5.97 Å². The number of nitrogens with zero attached hydrogens (tertiary/aromatic N) is 2. The van der Waals surface area contributed by atoms with E-state index in [1.807, 2.05) is 18.2 Å². The second-order valence-corrected chi connectivity index (χ2v) is 12.3. The van der Waals surface area contributed by atoms with E-state index in [4.69, 9.17) is 4.74 Å². The zero-order valence-electron chi connectivity index (χ0n) is 26.1. The van der Waals surface area contributed by atoms with Crippen LogP contribution in [0.4, 0.5) is 0 Å². The lowest BCUT2D eigenvalue weighted by atomic mass is 9.74. The van der Waals surface area contributed by atoms with Crippen molar-refractivity contribution in [3.05, 3.63) is 35.9 Å². The van der Waals surface area contributed by atoms with E-state index in [1.165, 1.54) is 89.9 Å². The van der Waals surface area contributed by atoms with E-state index < -0.39 is 5.41 Å². The minimum Gasteiger partial charge on any atom is -0.461 e. The molecule has 1 heterocycles. The van der Waals surface area contributed by atoms with E-state index in [-0.39, 0.29) is 12.1 Å². The first-order valence-corrected chi connectivity index (χ1v) is 17.0. The summed E-state index contributed by atoms with van der Waals surface area (Å²) >= 11 is 0. The van der Waals surface area contributed by atoms with Gasteiger partial charge in [-0.1, -0.05) is 140 Å². The monoisotopic (exact) mass is 552 g/mol. The smallest absolute Gasteiger partial charge is 0.306 e. The lowest BCUT2D eigenvalue weighted by molar-refractivity contribution is -0.150. The molecule has 1 aliphatic rings. The number of ether oxygens (including phenoxy) is 1. The van der Waals surface area contributed by atoms with Gasteiger partial charge in [-0.2, -0.15) is 5.26 Å². The van der Waals surface area contributed by atoms with Crippen LogP contribution in [-0.4, -0.2) is 36.6 Å². The number of hydrogen-bond donors (Lipinski definition) is 0. The van der Waals surface area contributed by atoms with E-state index in [0.717, 1.165) is 63.7 Å². The Bertz CT molecular complexity index is 795. The molecule has 0 saturated carbocycles. The van der Waals surface area contributed by atoms with Crippen molar-refractivity contribution in [3.8, 4) is 6.07 Å². The number of esters is 1. The highest BCUT2D eigenvalue weighted by molar-refractivity contribution is 5.69. The van der Waals surface area contributed by atoms with Gasteiger partial charge in [-0.25, -0.2) is 0 Å². The molecule has 4 heteroatoms. The molecule has 0 amide bonds. The average molecular weight is 553 g/mol. The number of benzene rings is 1. The summed E-state index contributed by atoms with van der Waals surface area (Å²) < 4.78 is 6.10. The highest BCUT2D eigenvalue weighted by Crippen LogP contribution is 2.35. The van der Waals surface area contributed by atoms with Gasteiger partial charge in [-0.3, -0.25) is 9.69 Å². The molecule has 2 rings (SSSR count). The summed E-state index contributed by atoms with van der Waals surface area (Å²) in [5, 5.41) is 10.1. The van der Waals surface area contributed by atoms with Crippen LogP contribution in [0.1, 0.15) is 154 Å². The van der Waals surface area contributed by atoms with Crippen molar-refractivity contribution < 1.29 is 9.53 Å². The number of hydrogen-bond acceptors (Lipinski definition) is 4. The second-order valence-electron chi connectivity index (χ2n) is 12.3. The molecule has 0 aliphatic carbocycles. The number of nitriles is 1. The zero-order valence-corrected chi connectivity index (χ0v) is 26.1. The Morgan fingerprint density at radius 1 is 0.800 bits per heavy atom. The fourth-order valence-corrected chi connectivity index (χ4v) is 6.15. The van der Waals surface area contributed by atoms with Crippen LogP contribution in [0.2, 0.25) is 0 Å². The lowest BCUT2D eigenvalue weighted by Gasteiger charge is -2.38. The summed E-state index contributed by atoms with van der Waals surface area (Å²) in [5.41, 5.74) is 0.748. The molecule has 1 aromatic carbocycles. The van der Waals surface area contributed by atoms with Gasteiger partial charge in [0, 0.05) is 26.1 Å². The maximum atomic E-state index is 12.8. The molecule has 0 radical (unpaired) electrons. The van der Waals surface area contributed by atoms with E-state index in [1.54, 1.807) is 0 Å². The minimum atomic E-state index is -0.391. The van der Waals surface area contributed by atoms with Crippen molar-refractivity contribution in [2.45, 2.75) is 160 Å². The quantitative estimate of drug-likeness (QED) is 0.100. The molecule has 4 nitrogen and oxygen atoms in total. The normalized spacial score (nSPS) is 15.9. The van der Waals surface area contributed by atoms with Gasteiger partial charge in [0.25, 0.3) is 0 Å². The third-order valence-electron chi connectivity index (χ3n) is 8.87. The third kappa shape index (κ3) is 14.2. The summed E-state index contributed by atoms with van der Waals surface area (Å²) in [6.07, 6.45) is 24.8. The van der Waals surface area contributed by atoms with E-state index >= 15 is 0 Å². The molecule has 0 spiro atoms. The van der Waals surface area contributed by atoms with Crippen molar-refractivity contribution in [3.63, 3.8) is 0 Å².